The molecule has 6 rings (SSSR count). The molecule has 0 aliphatic carbocycles. The Hall–Kier alpha value is -2.81. The fourth-order valence-corrected chi connectivity index (χ4v) is 7.34. The standard InChI is InChI=1S/C26H27N5OS2/c1-29-11-13-30(14-12-29)22-5-4-21(20-16-27-8-6-18(20)22)28-25(32)24-19-7-15-33-17-23(19)34-26(24)31-9-2-3-10-31/h2-6,8-10,16H,7,11-15,17H2,1H3,(H,28,32). The Bertz CT molecular complexity index is 1340. The SMILES string of the molecule is CN1CCN(c2ccc(NC(=O)c3c(-n4cccc4)sc4c3CCSC4)c3cnccc23)CC1. The quantitative estimate of drug-likeness (QED) is 0.443. The van der Waals surface area contributed by atoms with E-state index < -0.39 is 0 Å². The van der Waals surface area contributed by atoms with Crippen molar-refractivity contribution in [3.63, 3.8) is 0 Å². The van der Waals surface area contributed by atoms with Gasteiger partial charge in [-0.1, -0.05) is 0 Å². The number of carbonyl (C=O) groups excluding carboxylic acids is 1. The number of hydrogen-bond donors (Lipinski definition) is 1. The number of thioether (sulfide) groups is 1. The largest absolute Gasteiger partial charge is 0.368 e. The van der Waals surface area contributed by atoms with Gasteiger partial charge in [-0.15, -0.1) is 11.3 Å². The normalized spacial score (nSPS) is 16.6. The monoisotopic (exact) mass is 489 g/mol. The molecule has 0 radical (unpaired) electrons. The first-order chi connectivity index (χ1) is 16.7. The molecule has 1 aromatic carbocycles. The van der Waals surface area contributed by atoms with Gasteiger partial charge in [0, 0.05) is 78.1 Å². The minimum Gasteiger partial charge on any atom is -0.368 e. The molecule has 1 fully saturated rings. The summed E-state index contributed by atoms with van der Waals surface area (Å²) in [4.78, 5) is 24.3. The second kappa shape index (κ2) is 9.09. The van der Waals surface area contributed by atoms with Gasteiger partial charge >= 0.3 is 0 Å². The second-order valence-corrected chi connectivity index (χ2v) is 11.1. The molecule has 0 unspecified atom stereocenters. The van der Waals surface area contributed by atoms with E-state index in [0.29, 0.717) is 0 Å². The molecule has 34 heavy (non-hydrogen) atoms. The lowest BCUT2D eigenvalue weighted by Crippen LogP contribution is -2.44. The van der Waals surface area contributed by atoms with Crippen LogP contribution in [0.15, 0.2) is 55.1 Å². The Labute approximate surface area is 207 Å². The van der Waals surface area contributed by atoms with Crippen LogP contribution in [-0.4, -0.2) is 59.3 Å². The third-order valence-electron chi connectivity index (χ3n) is 6.75. The molecule has 6 nitrogen and oxygen atoms in total. The summed E-state index contributed by atoms with van der Waals surface area (Å²) >= 11 is 3.69. The molecule has 1 N–H and O–H groups in total. The van der Waals surface area contributed by atoms with Gasteiger partial charge in [-0.2, -0.15) is 11.8 Å². The molecule has 0 bridgehead atoms. The van der Waals surface area contributed by atoms with Gasteiger partial charge in [-0.25, -0.2) is 0 Å². The summed E-state index contributed by atoms with van der Waals surface area (Å²) in [6.07, 6.45) is 8.68. The molecule has 1 saturated heterocycles. The van der Waals surface area contributed by atoms with Crippen molar-refractivity contribution in [3.05, 3.63) is 71.1 Å². The van der Waals surface area contributed by atoms with Crippen molar-refractivity contribution in [2.24, 2.45) is 0 Å². The van der Waals surface area contributed by atoms with E-state index in [9.17, 15) is 4.79 Å². The summed E-state index contributed by atoms with van der Waals surface area (Å²) in [5.74, 6) is 2.00. The fourth-order valence-electron chi connectivity index (χ4n) is 4.89. The average Bonchev–Trinajstić information content (AvgIpc) is 3.53. The highest BCUT2D eigenvalue weighted by molar-refractivity contribution is 7.98. The number of pyridine rings is 1. The number of amides is 1. The summed E-state index contributed by atoms with van der Waals surface area (Å²) in [6, 6.07) is 10.3. The Morgan fingerprint density at radius 1 is 1.06 bits per heavy atom. The highest BCUT2D eigenvalue weighted by Gasteiger charge is 2.27. The van der Waals surface area contributed by atoms with Crippen molar-refractivity contribution >= 4 is 51.2 Å². The number of benzene rings is 1. The van der Waals surface area contributed by atoms with E-state index in [2.05, 4.69) is 43.8 Å². The highest BCUT2D eigenvalue weighted by atomic mass is 32.2. The van der Waals surface area contributed by atoms with E-state index in [0.717, 1.165) is 71.1 Å². The number of carbonyl (C=O) groups is 1. The van der Waals surface area contributed by atoms with Crippen LogP contribution in [0.4, 0.5) is 11.4 Å². The van der Waals surface area contributed by atoms with E-state index in [4.69, 9.17) is 0 Å². The lowest BCUT2D eigenvalue weighted by molar-refractivity contribution is 0.102. The number of thiophene rings is 1. The van der Waals surface area contributed by atoms with Gasteiger partial charge in [0.25, 0.3) is 5.91 Å². The van der Waals surface area contributed by atoms with Crippen LogP contribution in [-0.2, 0) is 12.2 Å². The van der Waals surface area contributed by atoms with Crippen molar-refractivity contribution < 1.29 is 4.79 Å². The van der Waals surface area contributed by atoms with Crippen molar-refractivity contribution in [1.82, 2.24) is 14.5 Å². The molecule has 2 aliphatic heterocycles. The van der Waals surface area contributed by atoms with E-state index in [1.54, 1.807) is 11.3 Å². The molecule has 174 valence electrons. The first kappa shape index (κ1) is 21.7. The number of anilines is 2. The minimum atomic E-state index is -0.0365. The topological polar surface area (TPSA) is 53.4 Å². The van der Waals surface area contributed by atoms with Crippen LogP contribution in [0.5, 0.6) is 0 Å². The first-order valence-corrected chi connectivity index (χ1v) is 13.6. The molecule has 5 heterocycles. The van der Waals surface area contributed by atoms with Gasteiger partial charge in [0.1, 0.15) is 5.00 Å². The van der Waals surface area contributed by atoms with Gasteiger partial charge in [0.15, 0.2) is 0 Å². The van der Waals surface area contributed by atoms with Gasteiger partial charge in [0.05, 0.1) is 11.3 Å². The number of aromatic nitrogens is 2. The average molecular weight is 490 g/mol. The number of nitrogens with zero attached hydrogens (tertiary/aromatic N) is 4. The molecular weight excluding hydrogens is 462 g/mol. The summed E-state index contributed by atoms with van der Waals surface area (Å²) in [7, 11) is 2.17. The van der Waals surface area contributed by atoms with Gasteiger partial charge in [-0.05, 0) is 55.1 Å². The molecule has 2 aliphatic rings. The predicted octanol–water partition coefficient (Wildman–Crippen LogP) is 4.88. The van der Waals surface area contributed by atoms with E-state index in [1.165, 1.54) is 16.1 Å². The second-order valence-electron chi connectivity index (χ2n) is 8.87. The third-order valence-corrected chi connectivity index (χ3v) is 9.17. The molecular formula is C26H27N5OS2. The lowest BCUT2D eigenvalue weighted by Gasteiger charge is -2.34. The Morgan fingerprint density at radius 2 is 1.88 bits per heavy atom. The molecule has 8 heteroatoms. The zero-order valence-electron chi connectivity index (χ0n) is 19.2. The Morgan fingerprint density at radius 3 is 2.71 bits per heavy atom. The molecule has 3 aromatic heterocycles. The number of piperazine rings is 1. The zero-order valence-corrected chi connectivity index (χ0v) is 20.8. The first-order valence-electron chi connectivity index (χ1n) is 11.7. The van der Waals surface area contributed by atoms with Crippen LogP contribution in [0.25, 0.3) is 15.8 Å². The minimum absolute atomic E-state index is 0.0365. The van der Waals surface area contributed by atoms with Gasteiger partial charge in [0.2, 0.25) is 0 Å². The predicted molar refractivity (Wildman–Crippen MR) is 143 cm³/mol. The fraction of sp³-hybridized carbons (Fsp3) is 0.308. The highest BCUT2D eigenvalue weighted by Crippen LogP contribution is 2.39. The summed E-state index contributed by atoms with van der Waals surface area (Å²) in [5.41, 5.74) is 4.05. The van der Waals surface area contributed by atoms with Gasteiger partial charge in [-0.3, -0.25) is 9.78 Å². The summed E-state index contributed by atoms with van der Waals surface area (Å²) < 4.78 is 2.07. The van der Waals surface area contributed by atoms with Crippen molar-refractivity contribution in [1.29, 1.82) is 0 Å². The molecule has 1 amide bonds. The van der Waals surface area contributed by atoms with Crippen LogP contribution in [0, 0.1) is 0 Å². The Kier molecular flexibility index (Phi) is 5.80. The van der Waals surface area contributed by atoms with Crippen LogP contribution in [0.2, 0.25) is 0 Å². The van der Waals surface area contributed by atoms with Gasteiger partial charge < -0.3 is 19.7 Å². The molecule has 0 spiro atoms. The van der Waals surface area contributed by atoms with Crippen LogP contribution < -0.4 is 10.2 Å². The molecule has 4 aromatic rings. The number of hydrogen-bond acceptors (Lipinski definition) is 6. The molecule has 0 saturated carbocycles. The molecule has 0 atom stereocenters. The van der Waals surface area contributed by atoms with E-state index in [-0.39, 0.29) is 5.91 Å². The maximum absolute atomic E-state index is 13.8. The van der Waals surface area contributed by atoms with Crippen molar-refractivity contribution in [3.8, 4) is 5.00 Å². The van der Waals surface area contributed by atoms with E-state index in [1.807, 2.05) is 54.7 Å². The number of likely N-dealkylation sites (N-methyl/N-ethyl adjacent to an activating group) is 1. The number of nitrogens with one attached hydrogen (secondary N) is 1. The maximum Gasteiger partial charge on any atom is 0.258 e. The van der Waals surface area contributed by atoms with Crippen molar-refractivity contribution in [2.75, 3.05) is 49.2 Å². The smallest absolute Gasteiger partial charge is 0.258 e. The lowest BCUT2D eigenvalue weighted by atomic mass is 10.0. The van der Waals surface area contributed by atoms with Crippen molar-refractivity contribution in [2.45, 2.75) is 12.2 Å². The number of fused-ring (bicyclic) bond motifs is 2. The Balaban J connectivity index is 1.37. The summed E-state index contributed by atoms with van der Waals surface area (Å²) in [5, 5.41) is 6.38. The van der Waals surface area contributed by atoms with Crippen LogP contribution >= 0.6 is 23.1 Å². The van der Waals surface area contributed by atoms with Crippen LogP contribution in [0.3, 0.4) is 0 Å². The van der Waals surface area contributed by atoms with Crippen LogP contribution in [0.1, 0.15) is 20.8 Å². The van der Waals surface area contributed by atoms with E-state index >= 15 is 0 Å². The number of rotatable bonds is 4. The summed E-state index contributed by atoms with van der Waals surface area (Å²) in [6.45, 7) is 4.10. The zero-order chi connectivity index (χ0) is 23.1. The maximum atomic E-state index is 13.8. The third kappa shape index (κ3) is 3.89.